The van der Waals surface area contributed by atoms with Crippen LogP contribution in [0, 0.1) is 0 Å². The van der Waals surface area contributed by atoms with Crippen LogP contribution in [-0.4, -0.2) is 17.3 Å². The number of nitrogens with two attached hydrogens (primary N) is 1. The van der Waals surface area contributed by atoms with Crippen molar-refractivity contribution >= 4 is 27.3 Å². The van der Waals surface area contributed by atoms with Crippen molar-refractivity contribution < 1.29 is 27.4 Å². The predicted molar refractivity (Wildman–Crippen MR) is 81.3 cm³/mol. The monoisotopic (exact) mass is 354 g/mol. The summed E-state index contributed by atoms with van der Waals surface area (Å²) in [6, 6.07) is 6.53. The molecule has 0 aliphatic rings. The van der Waals surface area contributed by atoms with Gasteiger partial charge in [-0.3, -0.25) is 9.78 Å². The first-order valence-electron chi connectivity index (χ1n) is 6.53. The summed E-state index contributed by atoms with van der Waals surface area (Å²) in [5, 5.41) is 0.638. The van der Waals surface area contributed by atoms with Crippen molar-refractivity contribution in [2.75, 3.05) is 0 Å². The quantitative estimate of drug-likeness (QED) is 0.766. The van der Waals surface area contributed by atoms with Gasteiger partial charge in [-0.15, -0.1) is 24.5 Å². The van der Waals surface area contributed by atoms with Crippen LogP contribution in [0.4, 0.5) is 13.2 Å². The van der Waals surface area contributed by atoms with E-state index in [1.54, 1.807) is 12.3 Å². The molecule has 0 radical (unpaired) electrons. The molecule has 1 aromatic carbocycles. The van der Waals surface area contributed by atoms with E-state index in [-0.39, 0.29) is 5.75 Å². The van der Waals surface area contributed by atoms with Gasteiger partial charge in [0, 0.05) is 11.6 Å². The summed E-state index contributed by atoms with van der Waals surface area (Å²) in [6.07, 6.45) is -1.74. The summed E-state index contributed by atoms with van der Waals surface area (Å²) in [7, 11) is 0. The summed E-state index contributed by atoms with van der Waals surface area (Å²) >= 11 is 1.18. The van der Waals surface area contributed by atoms with Gasteiger partial charge in [0.25, 0.3) is 5.91 Å². The number of halogens is 3. The molecule has 0 bridgehead atoms. The molecular formula is C15H9F3N2O3S. The Morgan fingerprint density at radius 2 is 1.79 bits per heavy atom. The molecule has 2 N–H and O–H groups in total. The van der Waals surface area contributed by atoms with Crippen LogP contribution in [0.25, 0.3) is 10.1 Å². The number of hydrogen-bond donors (Lipinski definition) is 1. The molecule has 0 aliphatic heterocycles. The number of ether oxygens (including phenoxy) is 2. The third kappa shape index (κ3) is 3.57. The number of rotatable bonds is 4. The molecule has 5 nitrogen and oxygen atoms in total. The number of amides is 1. The minimum atomic E-state index is -4.75. The van der Waals surface area contributed by atoms with E-state index in [1.165, 1.54) is 29.7 Å². The number of carbonyl (C=O) groups excluding carboxylic acids is 1. The number of pyridine rings is 1. The molecule has 0 saturated carbocycles. The molecule has 2 heterocycles. The van der Waals surface area contributed by atoms with Gasteiger partial charge in [-0.25, -0.2) is 0 Å². The second-order valence-electron chi connectivity index (χ2n) is 4.65. The number of fused-ring (bicyclic) bond motifs is 1. The molecule has 1 amide bonds. The van der Waals surface area contributed by atoms with Gasteiger partial charge < -0.3 is 15.2 Å². The lowest BCUT2D eigenvalue weighted by atomic mass is 10.2. The Kier molecular flexibility index (Phi) is 4.02. The van der Waals surface area contributed by atoms with E-state index in [0.29, 0.717) is 26.5 Å². The molecule has 24 heavy (non-hydrogen) atoms. The first-order chi connectivity index (χ1) is 11.3. The lowest BCUT2D eigenvalue weighted by Gasteiger charge is -2.10. The van der Waals surface area contributed by atoms with Crippen molar-refractivity contribution in [1.29, 1.82) is 0 Å². The predicted octanol–water partition coefficient (Wildman–Crippen LogP) is 4.09. The van der Waals surface area contributed by atoms with Crippen LogP contribution < -0.4 is 15.2 Å². The van der Waals surface area contributed by atoms with E-state index in [0.717, 1.165) is 12.1 Å². The number of benzene rings is 1. The molecule has 124 valence electrons. The number of aromatic nitrogens is 1. The fourth-order valence-electron chi connectivity index (χ4n) is 1.97. The van der Waals surface area contributed by atoms with Crippen LogP contribution in [0.3, 0.4) is 0 Å². The van der Waals surface area contributed by atoms with Crippen LogP contribution in [0.1, 0.15) is 9.67 Å². The number of carbonyl (C=O) groups is 1. The summed E-state index contributed by atoms with van der Waals surface area (Å²) in [5.41, 5.74) is 5.25. The first kappa shape index (κ1) is 16.1. The molecule has 9 heteroatoms. The number of alkyl halides is 3. The molecule has 0 unspecified atom stereocenters. The van der Waals surface area contributed by atoms with Gasteiger partial charge in [-0.2, -0.15) is 0 Å². The van der Waals surface area contributed by atoms with E-state index in [1.807, 2.05) is 0 Å². The summed E-state index contributed by atoms with van der Waals surface area (Å²) in [5.74, 6) is -0.250. The molecule has 0 atom stereocenters. The molecule has 0 aliphatic carbocycles. The summed E-state index contributed by atoms with van der Waals surface area (Å²) < 4.78 is 46.5. The molecule has 0 fully saturated rings. The van der Waals surface area contributed by atoms with Crippen LogP contribution >= 0.6 is 11.3 Å². The largest absolute Gasteiger partial charge is 0.573 e. The van der Waals surface area contributed by atoms with E-state index in [9.17, 15) is 18.0 Å². The third-order valence-corrected chi connectivity index (χ3v) is 4.02. The van der Waals surface area contributed by atoms with Crippen LogP contribution in [0.2, 0.25) is 0 Å². The van der Waals surface area contributed by atoms with Crippen molar-refractivity contribution in [3.63, 3.8) is 0 Å². The van der Waals surface area contributed by atoms with Crippen molar-refractivity contribution in [3.05, 3.63) is 47.6 Å². The molecule has 0 spiro atoms. The second-order valence-corrected chi connectivity index (χ2v) is 5.73. The summed E-state index contributed by atoms with van der Waals surface area (Å²) in [4.78, 5) is 15.6. The Labute approximate surface area is 137 Å². The van der Waals surface area contributed by atoms with Gasteiger partial charge in [-0.05, 0) is 30.3 Å². The number of nitrogens with zero attached hydrogens (tertiary/aromatic N) is 1. The first-order valence-corrected chi connectivity index (χ1v) is 7.34. The Balaban J connectivity index is 1.86. The van der Waals surface area contributed by atoms with Gasteiger partial charge in [0.1, 0.15) is 11.5 Å². The maximum atomic E-state index is 12.1. The van der Waals surface area contributed by atoms with Crippen LogP contribution in [0.5, 0.6) is 17.2 Å². The number of thiophene rings is 1. The van der Waals surface area contributed by atoms with E-state index >= 15 is 0 Å². The van der Waals surface area contributed by atoms with Gasteiger partial charge in [0.2, 0.25) is 0 Å². The van der Waals surface area contributed by atoms with Crippen molar-refractivity contribution in [1.82, 2.24) is 4.98 Å². The smallest absolute Gasteiger partial charge is 0.455 e. The standard InChI is InChI=1S/C15H9F3N2O3S/c16-15(17,18)23-9-3-1-8(2-4-9)22-11-6-20-7-13-10(11)5-12(24-13)14(19)21/h1-7H,(H2,19,21). The Morgan fingerprint density at radius 3 is 2.42 bits per heavy atom. The van der Waals surface area contributed by atoms with Gasteiger partial charge >= 0.3 is 6.36 Å². The normalized spacial score (nSPS) is 11.5. The fraction of sp³-hybridized carbons (Fsp3) is 0.0667. The summed E-state index contributed by atoms with van der Waals surface area (Å²) in [6.45, 7) is 0. The average Bonchev–Trinajstić information content (AvgIpc) is 2.93. The second kappa shape index (κ2) is 6.00. The maximum Gasteiger partial charge on any atom is 0.573 e. The maximum absolute atomic E-state index is 12.1. The topological polar surface area (TPSA) is 74.4 Å². The third-order valence-electron chi connectivity index (χ3n) is 2.94. The molecule has 0 saturated heterocycles. The Morgan fingerprint density at radius 1 is 1.12 bits per heavy atom. The highest BCUT2D eigenvalue weighted by Crippen LogP contribution is 2.35. The zero-order valence-electron chi connectivity index (χ0n) is 11.8. The van der Waals surface area contributed by atoms with Crippen LogP contribution in [-0.2, 0) is 0 Å². The molecule has 3 rings (SSSR count). The van der Waals surface area contributed by atoms with Crippen molar-refractivity contribution in [3.8, 4) is 17.2 Å². The lowest BCUT2D eigenvalue weighted by Crippen LogP contribution is -2.16. The minimum absolute atomic E-state index is 0.297. The Hall–Kier alpha value is -2.81. The number of primary amides is 1. The highest BCUT2D eigenvalue weighted by molar-refractivity contribution is 7.20. The van der Waals surface area contributed by atoms with Crippen molar-refractivity contribution in [2.45, 2.75) is 6.36 Å². The Bertz CT molecular complexity index is 891. The fourth-order valence-corrected chi connectivity index (χ4v) is 2.87. The molecule has 3 aromatic rings. The van der Waals surface area contributed by atoms with Gasteiger partial charge in [0.05, 0.1) is 15.8 Å². The molecule has 2 aromatic heterocycles. The van der Waals surface area contributed by atoms with Gasteiger partial charge in [0.15, 0.2) is 5.75 Å². The van der Waals surface area contributed by atoms with E-state index in [2.05, 4.69) is 9.72 Å². The van der Waals surface area contributed by atoms with E-state index in [4.69, 9.17) is 10.5 Å². The van der Waals surface area contributed by atoms with Crippen molar-refractivity contribution in [2.24, 2.45) is 5.73 Å². The lowest BCUT2D eigenvalue weighted by molar-refractivity contribution is -0.274. The zero-order valence-corrected chi connectivity index (χ0v) is 12.6. The van der Waals surface area contributed by atoms with Crippen LogP contribution in [0.15, 0.2) is 42.7 Å². The highest BCUT2D eigenvalue weighted by atomic mass is 32.1. The average molecular weight is 354 g/mol. The zero-order chi connectivity index (χ0) is 17.3. The highest BCUT2D eigenvalue weighted by Gasteiger charge is 2.31. The van der Waals surface area contributed by atoms with E-state index < -0.39 is 12.3 Å². The van der Waals surface area contributed by atoms with Gasteiger partial charge in [-0.1, -0.05) is 0 Å². The molecular weight excluding hydrogens is 345 g/mol. The number of hydrogen-bond acceptors (Lipinski definition) is 5. The minimum Gasteiger partial charge on any atom is -0.455 e. The SMILES string of the molecule is NC(=O)c1cc2c(Oc3ccc(OC(F)(F)F)cc3)cncc2s1.